The molecular weight excluding hydrogens is 362 g/mol. The molecule has 0 radical (unpaired) electrons. The summed E-state index contributed by atoms with van der Waals surface area (Å²) < 4.78 is 5.48. The number of nitrogens with zero attached hydrogens (tertiary/aromatic N) is 2. The summed E-state index contributed by atoms with van der Waals surface area (Å²) in [6, 6.07) is 21.9. The van der Waals surface area contributed by atoms with Gasteiger partial charge >= 0.3 is 0 Å². The molecule has 29 heavy (non-hydrogen) atoms. The standard InChI is InChI=1S/C24H27N3O2/c28-24(25-20-11-13-22(14-12-20)26-15-5-2-6-16-26)19-27(18-23-10-7-17-29-23)21-8-3-1-4-9-21/h1,3-4,7-14,17H,2,5-6,15-16,18-19H2,(H,25,28). The van der Waals surface area contributed by atoms with Crippen molar-refractivity contribution in [2.75, 3.05) is 34.8 Å². The predicted octanol–water partition coefficient (Wildman–Crippen LogP) is 4.92. The smallest absolute Gasteiger partial charge is 0.243 e. The summed E-state index contributed by atoms with van der Waals surface area (Å²) in [6.45, 7) is 3.02. The third kappa shape index (κ3) is 5.19. The fourth-order valence-electron chi connectivity index (χ4n) is 3.75. The maximum absolute atomic E-state index is 12.7. The molecule has 150 valence electrons. The predicted molar refractivity (Wildman–Crippen MR) is 117 cm³/mol. The lowest BCUT2D eigenvalue weighted by Crippen LogP contribution is -2.32. The number of benzene rings is 2. The summed E-state index contributed by atoms with van der Waals surface area (Å²) in [5.41, 5.74) is 3.03. The van der Waals surface area contributed by atoms with Crippen LogP contribution in [0.2, 0.25) is 0 Å². The van der Waals surface area contributed by atoms with E-state index < -0.39 is 0 Å². The van der Waals surface area contributed by atoms with Gasteiger partial charge < -0.3 is 19.5 Å². The molecule has 1 aliphatic heterocycles. The van der Waals surface area contributed by atoms with Crippen molar-refractivity contribution < 1.29 is 9.21 Å². The van der Waals surface area contributed by atoms with Crippen LogP contribution in [0.3, 0.4) is 0 Å². The Labute approximate surface area is 171 Å². The lowest BCUT2D eigenvalue weighted by molar-refractivity contribution is -0.115. The Morgan fingerprint density at radius 3 is 2.38 bits per heavy atom. The van der Waals surface area contributed by atoms with Gasteiger partial charge in [0.25, 0.3) is 0 Å². The van der Waals surface area contributed by atoms with Crippen molar-refractivity contribution >= 4 is 23.0 Å². The van der Waals surface area contributed by atoms with Crippen molar-refractivity contribution in [3.05, 3.63) is 78.8 Å². The van der Waals surface area contributed by atoms with Gasteiger partial charge in [0.2, 0.25) is 5.91 Å². The summed E-state index contributed by atoms with van der Waals surface area (Å²) in [5.74, 6) is 0.777. The highest BCUT2D eigenvalue weighted by Crippen LogP contribution is 2.22. The first-order chi connectivity index (χ1) is 14.3. The van der Waals surface area contributed by atoms with Gasteiger partial charge in [-0.1, -0.05) is 18.2 Å². The highest BCUT2D eigenvalue weighted by Gasteiger charge is 2.15. The molecule has 3 aromatic rings. The second-order valence-electron chi connectivity index (χ2n) is 7.41. The Kier molecular flexibility index (Phi) is 6.15. The zero-order valence-corrected chi connectivity index (χ0v) is 16.6. The van der Waals surface area contributed by atoms with E-state index in [0.29, 0.717) is 6.54 Å². The van der Waals surface area contributed by atoms with E-state index in [0.717, 1.165) is 30.2 Å². The van der Waals surface area contributed by atoms with Crippen LogP contribution in [-0.4, -0.2) is 25.5 Å². The number of carbonyl (C=O) groups excluding carboxylic acids is 1. The number of para-hydroxylation sites is 1. The Bertz CT molecular complexity index is 886. The number of anilines is 3. The van der Waals surface area contributed by atoms with E-state index in [1.165, 1.54) is 24.9 Å². The second kappa shape index (κ2) is 9.32. The molecule has 1 amide bonds. The van der Waals surface area contributed by atoms with Crippen molar-refractivity contribution in [1.82, 2.24) is 0 Å². The average Bonchev–Trinajstić information content (AvgIpc) is 3.28. The van der Waals surface area contributed by atoms with Crippen molar-refractivity contribution in [2.45, 2.75) is 25.8 Å². The van der Waals surface area contributed by atoms with Crippen LogP contribution in [0.25, 0.3) is 0 Å². The number of hydrogen-bond acceptors (Lipinski definition) is 4. The Morgan fingerprint density at radius 2 is 1.69 bits per heavy atom. The molecule has 4 rings (SSSR count). The van der Waals surface area contributed by atoms with Gasteiger partial charge in [-0.05, 0) is 67.8 Å². The first kappa shape index (κ1) is 19.1. The largest absolute Gasteiger partial charge is 0.467 e. The van der Waals surface area contributed by atoms with Gasteiger partial charge in [0, 0.05) is 30.2 Å². The van der Waals surface area contributed by atoms with Crippen LogP contribution in [0.15, 0.2) is 77.4 Å². The Hall–Kier alpha value is -3.21. The summed E-state index contributed by atoms with van der Waals surface area (Å²) in [5, 5.41) is 3.02. The van der Waals surface area contributed by atoms with Gasteiger partial charge in [-0.2, -0.15) is 0 Å². The van der Waals surface area contributed by atoms with E-state index >= 15 is 0 Å². The third-order valence-electron chi connectivity index (χ3n) is 5.25. The van der Waals surface area contributed by atoms with E-state index in [4.69, 9.17) is 4.42 Å². The highest BCUT2D eigenvalue weighted by atomic mass is 16.3. The maximum Gasteiger partial charge on any atom is 0.243 e. The van der Waals surface area contributed by atoms with Crippen molar-refractivity contribution in [3.8, 4) is 0 Å². The monoisotopic (exact) mass is 389 g/mol. The Balaban J connectivity index is 1.39. The van der Waals surface area contributed by atoms with Gasteiger partial charge in [-0.25, -0.2) is 0 Å². The zero-order chi connectivity index (χ0) is 19.9. The topological polar surface area (TPSA) is 48.7 Å². The number of nitrogens with one attached hydrogen (secondary N) is 1. The minimum atomic E-state index is -0.0499. The number of amides is 1. The average molecular weight is 389 g/mol. The van der Waals surface area contributed by atoms with Crippen molar-refractivity contribution in [2.24, 2.45) is 0 Å². The van der Waals surface area contributed by atoms with E-state index in [1.807, 2.05) is 59.5 Å². The van der Waals surface area contributed by atoms with Gasteiger partial charge in [0.15, 0.2) is 0 Å². The van der Waals surface area contributed by atoms with E-state index in [-0.39, 0.29) is 12.5 Å². The number of carbonyl (C=O) groups is 1. The molecule has 1 N–H and O–H groups in total. The summed E-state index contributed by atoms with van der Waals surface area (Å²) in [7, 11) is 0. The molecule has 5 nitrogen and oxygen atoms in total. The van der Waals surface area contributed by atoms with E-state index in [2.05, 4.69) is 22.3 Å². The number of piperidine rings is 1. The second-order valence-corrected chi connectivity index (χ2v) is 7.41. The van der Waals surface area contributed by atoms with Gasteiger partial charge in [-0.15, -0.1) is 0 Å². The molecule has 0 spiro atoms. The molecule has 0 saturated carbocycles. The SMILES string of the molecule is O=C(CN(Cc1ccco1)c1ccccc1)Nc1ccc(N2CCCCC2)cc1. The molecule has 1 aromatic heterocycles. The first-order valence-corrected chi connectivity index (χ1v) is 10.3. The number of rotatable bonds is 7. The van der Waals surface area contributed by atoms with Crippen LogP contribution in [0, 0.1) is 0 Å². The third-order valence-corrected chi connectivity index (χ3v) is 5.25. The van der Waals surface area contributed by atoms with Crippen LogP contribution in [0.5, 0.6) is 0 Å². The minimum absolute atomic E-state index is 0.0499. The highest BCUT2D eigenvalue weighted by molar-refractivity contribution is 5.94. The number of furan rings is 1. The quantitative estimate of drug-likeness (QED) is 0.623. The summed E-state index contributed by atoms with van der Waals surface area (Å²) in [6.07, 6.45) is 5.48. The Morgan fingerprint density at radius 1 is 0.931 bits per heavy atom. The molecule has 0 unspecified atom stereocenters. The van der Waals surface area contributed by atoms with Crippen LogP contribution in [0.4, 0.5) is 17.1 Å². The molecule has 2 aromatic carbocycles. The normalized spacial score (nSPS) is 13.9. The molecule has 0 atom stereocenters. The lowest BCUT2D eigenvalue weighted by atomic mass is 10.1. The molecule has 1 aliphatic rings. The van der Waals surface area contributed by atoms with Gasteiger partial charge in [-0.3, -0.25) is 4.79 Å². The molecule has 5 heteroatoms. The molecule has 1 fully saturated rings. The van der Waals surface area contributed by atoms with Crippen molar-refractivity contribution in [1.29, 1.82) is 0 Å². The van der Waals surface area contributed by atoms with Crippen LogP contribution in [0.1, 0.15) is 25.0 Å². The van der Waals surface area contributed by atoms with Gasteiger partial charge in [0.05, 0.1) is 19.4 Å². The first-order valence-electron chi connectivity index (χ1n) is 10.3. The fourth-order valence-corrected chi connectivity index (χ4v) is 3.75. The van der Waals surface area contributed by atoms with Gasteiger partial charge in [0.1, 0.15) is 5.76 Å². The van der Waals surface area contributed by atoms with E-state index in [1.54, 1.807) is 6.26 Å². The van der Waals surface area contributed by atoms with Crippen molar-refractivity contribution in [3.63, 3.8) is 0 Å². The molecule has 0 bridgehead atoms. The molecule has 0 aliphatic carbocycles. The molecule has 2 heterocycles. The number of hydrogen-bond donors (Lipinski definition) is 1. The zero-order valence-electron chi connectivity index (χ0n) is 16.6. The van der Waals surface area contributed by atoms with Crippen LogP contribution < -0.4 is 15.1 Å². The van der Waals surface area contributed by atoms with E-state index in [9.17, 15) is 4.79 Å². The fraction of sp³-hybridized carbons (Fsp3) is 0.292. The summed E-state index contributed by atoms with van der Waals surface area (Å²) in [4.78, 5) is 17.1. The minimum Gasteiger partial charge on any atom is -0.467 e. The summed E-state index contributed by atoms with van der Waals surface area (Å²) >= 11 is 0. The van der Waals surface area contributed by atoms with Crippen LogP contribution in [-0.2, 0) is 11.3 Å². The molecular formula is C24H27N3O2. The molecule has 1 saturated heterocycles. The maximum atomic E-state index is 12.7. The van der Waals surface area contributed by atoms with Crippen LogP contribution >= 0.6 is 0 Å². The lowest BCUT2D eigenvalue weighted by Gasteiger charge is -2.29.